The third-order valence-corrected chi connectivity index (χ3v) is 2.29. The van der Waals surface area contributed by atoms with E-state index >= 15 is 0 Å². The lowest BCUT2D eigenvalue weighted by Crippen LogP contribution is -2.17. The lowest BCUT2D eigenvalue weighted by atomic mass is 10.1. The summed E-state index contributed by atoms with van der Waals surface area (Å²) in [5.74, 6) is 0.716. The SMILES string of the molecule is CN1CCC(COCCCO)C1. The number of aliphatic hydroxyl groups excluding tert-OH is 1. The number of likely N-dealkylation sites (tertiary alicyclic amines) is 1. The predicted molar refractivity (Wildman–Crippen MR) is 48.1 cm³/mol. The molecule has 0 aliphatic carbocycles. The van der Waals surface area contributed by atoms with Crippen molar-refractivity contribution < 1.29 is 9.84 Å². The monoisotopic (exact) mass is 173 g/mol. The van der Waals surface area contributed by atoms with E-state index in [1.807, 2.05) is 0 Å². The van der Waals surface area contributed by atoms with Gasteiger partial charge in [-0.2, -0.15) is 0 Å². The van der Waals surface area contributed by atoms with Gasteiger partial charge in [-0.05, 0) is 32.4 Å². The highest BCUT2D eigenvalue weighted by Crippen LogP contribution is 2.14. The molecule has 1 fully saturated rings. The van der Waals surface area contributed by atoms with Gasteiger partial charge in [0.2, 0.25) is 0 Å². The Kier molecular flexibility index (Phi) is 4.58. The number of nitrogens with zero attached hydrogens (tertiary/aromatic N) is 1. The van der Waals surface area contributed by atoms with Gasteiger partial charge in [0.15, 0.2) is 0 Å². The Balaban J connectivity index is 1.93. The van der Waals surface area contributed by atoms with E-state index < -0.39 is 0 Å². The van der Waals surface area contributed by atoms with E-state index in [-0.39, 0.29) is 6.61 Å². The van der Waals surface area contributed by atoms with Crippen molar-refractivity contribution >= 4 is 0 Å². The second kappa shape index (κ2) is 5.51. The summed E-state index contributed by atoms with van der Waals surface area (Å²) in [7, 11) is 2.15. The van der Waals surface area contributed by atoms with Gasteiger partial charge in [-0.1, -0.05) is 0 Å². The van der Waals surface area contributed by atoms with Crippen molar-refractivity contribution in [1.82, 2.24) is 4.90 Å². The first kappa shape index (κ1) is 9.96. The quantitative estimate of drug-likeness (QED) is 0.608. The standard InChI is InChI=1S/C9H19NO2/c1-10-4-3-9(7-10)8-12-6-2-5-11/h9,11H,2-8H2,1H3. The molecule has 3 heteroatoms. The van der Waals surface area contributed by atoms with Gasteiger partial charge in [-0.25, -0.2) is 0 Å². The summed E-state index contributed by atoms with van der Waals surface area (Å²) in [5, 5.41) is 8.51. The van der Waals surface area contributed by atoms with Crippen LogP contribution in [-0.2, 0) is 4.74 Å². The molecule has 1 aliphatic heterocycles. The molecule has 0 bridgehead atoms. The summed E-state index contributed by atoms with van der Waals surface area (Å²) in [6.45, 7) is 4.18. The van der Waals surface area contributed by atoms with Crippen molar-refractivity contribution in [3.8, 4) is 0 Å². The fourth-order valence-corrected chi connectivity index (χ4v) is 1.58. The number of rotatable bonds is 5. The normalized spacial score (nSPS) is 25.0. The lowest BCUT2D eigenvalue weighted by Gasteiger charge is -2.10. The van der Waals surface area contributed by atoms with Crippen LogP contribution in [0.1, 0.15) is 12.8 Å². The van der Waals surface area contributed by atoms with Crippen molar-refractivity contribution in [3.63, 3.8) is 0 Å². The largest absolute Gasteiger partial charge is 0.396 e. The van der Waals surface area contributed by atoms with Crippen LogP contribution in [-0.4, -0.2) is 50.0 Å². The number of hydrogen-bond donors (Lipinski definition) is 1. The van der Waals surface area contributed by atoms with Gasteiger partial charge in [0.25, 0.3) is 0 Å². The molecule has 0 aromatic heterocycles. The molecule has 1 heterocycles. The van der Waals surface area contributed by atoms with Crippen LogP contribution in [0.25, 0.3) is 0 Å². The molecule has 0 aromatic rings. The molecule has 1 saturated heterocycles. The van der Waals surface area contributed by atoms with Crippen molar-refractivity contribution in [1.29, 1.82) is 0 Å². The zero-order chi connectivity index (χ0) is 8.81. The molecule has 0 amide bonds. The topological polar surface area (TPSA) is 32.7 Å². The maximum Gasteiger partial charge on any atom is 0.0506 e. The Morgan fingerprint density at radius 1 is 1.58 bits per heavy atom. The lowest BCUT2D eigenvalue weighted by molar-refractivity contribution is 0.0890. The molecule has 1 rings (SSSR count). The molecule has 1 N–H and O–H groups in total. The Labute approximate surface area is 74.3 Å². The average Bonchev–Trinajstić information content (AvgIpc) is 2.45. The van der Waals surface area contributed by atoms with Gasteiger partial charge in [0.05, 0.1) is 6.61 Å². The van der Waals surface area contributed by atoms with Crippen LogP contribution in [0.3, 0.4) is 0 Å². The number of aliphatic hydroxyl groups is 1. The van der Waals surface area contributed by atoms with Crippen LogP contribution in [0, 0.1) is 5.92 Å². The fraction of sp³-hybridized carbons (Fsp3) is 1.00. The molecular formula is C9H19NO2. The first-order valence-electron chi connectivity index (χ1n) is 4.70. The van der Waals surface area contributed by atoms with Crippen LogP contribution >= 0.6 is 0 Å². The minimum atomic E-state index is 0.241. The first-order valence-corrected chi connectivity index (χ1v) is 4.70. The highest BCUT2D eigenvalue weighted by Gasteiger charge is 2.18. The summed E-state index contributed by atoms with van der Waals surface area (Å²) >= 11 is 0. The average molecular weight is 173 g/mol. The van der Waals surface area contributed by atoms with E-state index in [1.165, 1.54) is 19.5 Å². The molecule has 12 heavy (non-hydrogen) atoms. The van der Waals surface area contributed by atoms with Crippen LogP contribution < -0.4 is 0 Å². The molecule has 1 unspecified atom stereocenters. The maximum atomic E-state index is 8.51. The maximum absolute atomic E-state index is 8.51. The predicted octanol–water partition coefficient (Wildman–Crippen LogP) is 0.337. The second-order valence-electron chi connectivity index (χ2n) is 3.57. The zero-order valence-corrected chi connectivity index (χ0v) is 7.83. The zero-order valence-electron chi connectivity index (χ0n) is 7.83. The van der Waals surface area contributed by atoms with Gasteiger partial charge in [0.1, 0.15) is 0 Å². The first-order chi connectivity index (χ1) is 5.83. The van der Waals surface area contributed by atoms with E-state index in [1.54, 1.807) is 0 Å². The van der Waals surface area contributed by atoms with E-state index in [9.17, 15) is 0 Å². The third-order valence-electron chi connectivity index (χ3n) is 2.29. The Bertz CT molecular complexity index is 119. The molecule has 0 saturated carbocycles. The second-order valence-corrected chi connectivity index (χ2v) is 3.57. The Morgan fingerprint density at radius 3 is 3.00 bits per heavy atom. The van der Waals surface area contributed by atoms with E-state index in [4.69, 9.17) is 9.84 Å². The highest BCUT2D eigenvalue weighted by atomic mass is 16.5. The summed E-state index contributed by atoms with van der Waals surface area (Å²) < 4.78 is 5.42. The van der Waals surface area contributed by atoms with E-state index in [0.717, 1.165) is 13.0 Å². The molecular weight excluding hydrogens is 154 g/mol. The molecule has 3 nitrogen and oxygen atoms in total. The Morgan fingerprint density at radius 2 is 2.42 bits per heavy atom. The van der Waals surface area contributed by atoms with E-state index in [2.05, 4.69) is 11.9 Å². The van der Waals surface area contributed by atoms with Crippen LogP contribution in [0.2, 0.25) is 0 Å². The third kappa shape index (κ3) is 3.52. The van der Waals surface area contributed by atoms with Gasteiger partial charge in [-0.15, -0.1) is 0 Å². The fourth-order valence-electron chi connectivity index (χ4n) is 1.58. The molecule has 0 aromatic carbocycles. The number of ether oxygens (including phenoxy) is 1. The van der Waals surface area contributed by atoms with Crippen molar-refractivity contribution in [3.05, 3.63) is 0 Å². The van der Waals surface area contributed by atoms with Gasteiger partial charge in [0, 0.05) is 19.8 Å². The molecule has 0 radical (unpaired) electrons. The number of hydrogen-bond acceptors (Lipinski definition) is 3. The molecule has 72 valence electrons. The molecule has 1 atom stereocenters. The van der Waals surface area contributed by atoms with Crippen LogP contribution in [0.5, 0.6) is 0 Å². The molecule has 0 spiro atoms. The van der Waals surface area contributed by atoms with Gasteiger partial charge < -0.3 is 14.7 Å². The summed E-state index contributed by atoms with van der Waals surface area (Å²) in [6, 6.07) is 0. The highest BCUT2D eigenvalue weighted by molar-refractivity contribution is 4.72. The van der Waals surface area contributed by atoms with E-state index in [0.29, 0.717) is 12.5 Å². The molecule has 1 aliphatic rings. The van der Waals surface area contributed by atoms with Crippen molar-refractivity contribution in [2.45, 2.75) is 12.8 Å². The van der Waals surface area contributed by atoms with Crippen LogP contribution in [0.15, 0.2) is 0 Å². The van der Waals surface area contributed by atoms with Crippen LogP contribution in [0.4, 0.5) is 0 Å². The van der Waals surface area contributed by atoms with Gasteiger partial charge in [-0.3, -0.25) is 0 Å². The summed E-state index contributed by atoms with van der Waals surface area (Å²) in [6.07, 6.45) is 2.03. The van der Waals surface area contributed by atoms with Crippen molar-refractivity contribution in [2.24, 2.45) is 5.92 Å². The minimum Gasteiger partial charge on any atom is -0.396 e. The Hall–Kier alpha value is -0.120. The van der Waals surface area contributed by atoms with Gasteiger partial charge >= 0.3 is 0 Å². The van der Waals surface area contributed by atoms with Crippen molar-refractivity contribution in [2.75, 3.05) is 40.0 Å². The smallest absolute Gasteiger partial charge is 0.0506 e. The summed E-state index contributed by atoms with van der Waals surface area (Å²) in [5.41, 5.74) is 0. The summed E-state index contributed by atoms with van der Waals surface area (Å²) in [4.78, 5) is 2.33. The minimum absolute atomic E-state index is 0.241.